The van der Waals surface area contributed by atoms with Crippen LogP contribution in [-0.4, -0.2) is 33.5 Å². The quantitative estimate of drug-likeness (QED) is 0.194. The number of amides is 1. The van der Waals surface area contributed by atoms with Gasteiger partial charge in [-0.05, 0) is 77.7 Å². The van der Waals surface area contributed by atoms with Crippen molar-refractivity contribution in [1.29, 1.82) is 0 Å². The van der Waals surface area contributed by atoms with E-state index in [2.05, 4.69) is 15.3 Å². The Morgan fingerprint density at radius 3 is 2.48 bits per heavy atom. The predicted molar refractivity (Wildman–Crippen MR) is 172 cm³/mol. The molecule has 1 amide bonds. The van der Waals surface area contributed by atoms with Crippen LogP contribution in [0.25, 0.3) is 21.3 Å². The molecule has 1 aliphatic rings. The largest absolute Gasteiger partial charge is 0.476 e. The van der Waals surface area contributed by atoms with E-state index in [-0.39, 0.29) is 11.6 Å². The average molecular weight is 599 g/mol. The van der Waals surface area contributed by atoms with Gasteiger partial charge in [0.05, 0.1) is 10.2 Å². The number of fused-ring (bicyclic) bond motifs is 2. The average Bonchev–Trinajstić information content (AvgIpc) is 3.47. The normalized spacial score (nSPS) is 12.5. The van der Waals surface area contributed by atoms with Crippen LogP contribution >= 0.6 is 11.3 Å². The van der Waals surface area contributed by atoms with Gasteiger partial charge in [-0.1, -0.05) is 65.9 Å². The van der Waals surface area contributed by atoms with E-state index in [1.54, 1.807) is 6.07 Å². The fourth-order valence-corrected chi connectivity index (χ4v) is 6.31. The van der Waals surface area contributed by atoms with Gasteiger partial charge in [-0.2, -0.15) is 0 Å². The van der Waals surface area contributed by atoms with Crippen LogP contribution in [0.5, 0.6) is 11.5 Å². The van der Waals surface area contributed by atoms with Crippen LogP contribution in [0.3, 0.4) is 0 Å². The molecule has 0 radical (unpaired) electrons. The molecule has 2 N–H and O–H groups in total. The van der Waals surface area contributed by atoms with E-state index >= 15 is 0 Å². The van der Waals surface area contributed by atoms with E-state index < -0.39 is 5.97 Å². The van der Waals surface area contributed by atoms with Crippen molar-refractivity contribution in [1.82, 2.24) is 9.97 Å². The van der Waals surface area contributed by atoms with E-state index in [9.17, 15) is 14.7 Å². The lowest BCUT2D eigenvalue weighted by Crippen LogP contribution is -2.33. The number of aromatic nitrogens is 2. The minimum Gasteiger partial charge on any atom is -0.476 e. The zero-order chi connectivity index (χ0) is 30.0. The second-order valence-electron chi connectivity index (χ2n) is 10.4. The third kappa shape index (κ3) is 5.48. The first-order valence-electron chi connectivity index (χ1n) is 14.1. The number of carbonyl (C=O) groups is 2. The number of thiazole rings is 1. The Morgan fingerprint density at radius 1 is 0.841 bits per heavy atom. The zero-order valence-corrected chi connectivity index (χ0v) is 24.3. The predicted octanol–water partition coefficient (Wildman–Crippen LogP) is 7.66. The summed E-state index contributed by atoms with van der Waals surface area (Å²) >= 11 is 1.43. The van der Waals surface area contributed by atoms with Crippen LogP contribution in [0, 0.1) is 0 Å². The van der Waals surface area contributed by atoms with Crippen molar-refractivity contribution in [3.63, 3.8) is 0 Å². The third-order valence-corrected chi connectivity index (χ3v) is 8.51. The number of aromatic carboxylic acids is 1. The number of pyridine rings is 1. The summed E-state index contributed by atoms with van der Waals surface area (Å²) in [5, 5.41) is 13.7. The van der Waals surface area contributed by atoms with Crippen LogP contribution in [0.2, 0.25) is 0 Å². The molecule has 2 aromatic heterocycles. The summed E-state index contributed by atoms with van der Waals surface area (Å²) in [7, 11) is 0. The first-order chi connectivity index (χ1) is 21.5. The summed E-state index contributed by atoms with van der Waals surface area (Å²) in [4.78, 5) is 37.0. The van der Waals surface area contributed by atoms with Crippen LogP contribution in [0.15, 0.2) is 109 Å². The van der Waals surface area contributed by atoms with E-state index in [0.29, 0.717) is 58.6 Å². The minimum atomic E-state index is -1.12. The highest BCUT2D eigenvalue weighted by Crippen LogP contribution is 2.33. The lowest BCUT2D eigenvalue weighted by atomic mass is 9.94. The Hall–Kier alpha value is -5.54. The number of para-hydroxylation sites is 2. The molecule has 0 spiro atoms. The standard InChI is InChI=1S/C35H26N4O4S/c40-33(38-35-36-29-14-4-5-15-30(29)44-35)27-13-7-8-22-18-19-39(21-28(22)27)31-17-16-26(32(37-31)34(41)42)23-9-6-12-25(20-23)43-24-10-2-1-3-11-24/h1-17,20H,18-19,21H2,(H,41,42)(H,36,38,40). The molecule has 8 nitrogen and oxygen atoms in total. The molecule has 9 heteroatoms. The Labute approximate surface area is 257 Å². The number of ether oxygens (including phenoxy) is 1. The van der Waals surface area contributed by atoms with E-state index in [4.69, 9.17) is 4.74 Å². The van der Waals surface area contributed by atoms with Gasteiger partial charge in [-0.25, -0.2) is 14.8 Å². The van der Waals surface area contributed by atoms with Crippen LogP contribution in [0.1, 0.15) is 32.0 Å². The maximum absolute atomic E-state index is 13.4. The van der Waals surface area contributed by atoms with Gasteiger partial charge in [-0.15, -0.1) is 0 Å². The molecule has 7 rings (SSSR count). The number of nitrogens with zero attached hydrogens (tertiary/aromatic N) is 3. The van der Waals surface area contributed by atoms with E-state index in [1.807, 2.05) is 108 Å². The molecule has 4 aromatic carbocycles. The van der Waals surface area contributed by atoms with Gasteiger partial charge in [0, 0.05) is 24.2 Å². The lowest BCUT2D eigenvalue weighted by molar-refractivity contribution is 0.0691. The number of nitrogens with one attached hydrogen (secondary N) is 1. The number of carboxylic acids is 1. The molecule has 44 heavy (non-hydrogen) atoms. The molecule has 6 aromatic rings. The topological polar surface area (TPSA) is 105 Å². The number of benzene rings is 4. The number of carbonyl (C=O) groups excluding carboxylic acids is 1. The van der Waals surface area contributed by atoms with Crippen molar-refractivity contribution < 1.29 is 19.4 Å². The Bertz CT molecular complexity index is 1990. The summed E-state index contributed by atoms with van der Waals surface area (Å²) in [5.41, 5.74) is 4.52. The van der Waals surface area contributed by atoms with Gasteiger partial charge in [0.25, 0.3) is 5.91 Å². The molecule has 0 unspecified atom stereocenters. The molecule has 1 aliphatic heterocycles. The second-order valence-corrected chi connectivity index (χ2v) is 11.4. The van der Waals surface area contributed by atoms with Gasteiger partial charge in [0.1, 0.15) is 17.3 Å². The zero-order valence-electron chi connectivity index (χ0n) is 23.4. The summed E-state index contributed by atoms with van der Waals surface area (Å²) in [6.07, 6.45) is 0.697. The maximum Gasteiger partial charge on any atom is 0.355 e. The maximum atomic E-state index is 13.4. The number of rotatable bonds is 7. The van der Waals surface area contributed by atoms with Gasteiger partial charge >= 0.3 is 5.97 Å². The molecule has 0 aliphatic carbocycles. The Balaban J connectivity index is 1.15. The molecule has 0 fully saturated rings. The van der Waals surface area contributed by atoms with Gasteiger partial charge in [0.15, 0.2) is 10.8 Å². The first-order valence-corrected chi connectivity index (χ1v) is 14.9. The summed E-state index contributed by atoms with van der Waals surface area (Å²) < 4.78 is 6.97. The molecule has 0 saturated carbocycles. The summed E-state index contributed by atoms with van der Waals surface area (Å²) in [5.74, 6) is 0.475. The van der Waals surface area contributed by atoms with Crippen molar-refractivity contribution in [2.75, 3.05) is 16.8 Å². The van der Waals surface area contributed by atoms with Gasteiger partial charge in [0.2, 0.25) is 0 Å². The molecular formula is C35H26N4O4S. The monoisotopic (exact) mass is 598 g/mol. The fourth-order valence-electron chi connectivity index (χ4n) is 5.45. The highest BCUT2D eigenvalue weighted by Gasteiger charge is 2.25. The van der Waals surface area contributed by atoms with Crippen molar-refractivity contribution in [3.8, 4) is 22.6 Å². The Kier molecular flexibility index (Phi) is 7.21. The van der Waals surface area contributed by atoms with Crippen molar-refractivity contribution in [2.45, 2.75) is 13.0 Å². The smallest absolute Gasteiger partial charge is 0.355 e. The number of anilines is 2. The lowest BCUT2D eigenvalue weighted by Gasteiger charge is -2.31. The van der Waals surface area contributed by atoms with E-state index in [0.717, 1.165) is 21.3 Å². The summed E-state index contributed by atoms with van der Waals surface area (Å²) in [6.45, 7) is 1.06. The Morgan fingerprint density at radius 2 is 1.64 bits per heavy atom. The second kappa shape index (κ2) is 11.6. The SMILES string of the molecule is O=C(Nc1nc2ccccc2s1)c1cccc2c1CN(c1ccc(-c3cccc(Oc4ccccc4)c3)c(C(=O)O)n1)CC2. The van der Waals surface area contributed by atoms with Crippen LogP contribution in [0.4, 0.5) is 10.9 Å². The van der Waals surface area contributed by atoms with Crippen molar-refractivity contribution >= 4 is 44.4 Å². The van der Waals surface area contributed by atoms with Gasteiger partial charge in [-0.3, -0.25) is 10.1 Å². The highest BCUT2D eigenvalue weighted by atomic mass is 32.1. The molecule has 0 bridgehead atoms. The van der Waals surface area contributed by atoms with Crippen molar-refractivity contribution in [2.24, 2.45) is 0 Å². The summed E-state index contributed by atoms with van der Waals surface area (Å²) in [6, 6.07) is 33.8. The molecule has 3 heterocycles. The molecule has 0 saturated heterocycles. The number of hydrogen-bond acceptors (Lipinski definition) is 7. The van der Waals surface area contributed by atoms with Crippen molar-refractivity contribution in [3.05, 3.63) is 132 Å². The van der Waals surface area contributed by atoms with E-state index in [1.165, 1.54) is 11.3 Å². The molecular weight excluding hydrogens is 572 g/mol. The third-order valence-electron chi connectivity index (χ3n) is 7.56. The molecule has 216 valence electrons. The highest BCUT2D eigenvalue weighted by molar-refractivity contribution is 7.22. The van der Waals surface area contributed by atoms with Crippen LogP contribution in [-0.2, 0) is 13.0 Å². The number of carboxylic acid groups (broad SMARTS) is 1. The van der Waals surface area contributed by atoms with Crippen LogP contribution < -0.4 is 15.0 Å². The first kappa shape index (κ1) is 27.3. The fraction of sp³-hybridized carbons (Fsp3) is 0.0857. The molecule has 0 atom stereocenters. The van der Waals surface area contributed by atoms with Gasteiger partial charge < -0.3 is 14.7 Å². The minimum absolute atomic E-state index is 0.0491. The number of hydrogen-bond donors (Lipinski definition) is 2.